The summed E-state index contributed by atoms with van der Waals surface area (Å²) in [6, 6.07) is 38.2. The van der Waals surface area contributed by atoms with Crippen LogP contribution in [-0.2, 0) is 13.7 Å². The first-order valence-corrected chi connectivity index (χ1v) is 17.3. The third-order valence-corrected chi connectivity index (χ3v) is 13.0. The summed E-state index contributed by atoms with van der Waals surface area (Å²) in [5.41, 5.74) is 3.31. The van der Waals surface area contributed by atoms with Crippen molar-refractivity contribution in [1.82, 2.24) is 4.98 Å². The van der Waals surface area contributed by atoms with Gasteiger partial charge in [-0.25, -0.2) is 8.61 Å². The number of nitrogens with one attached hydrogen (secondary N) is 1. The molecule has 9 heteroatoms. The van der Waals surface area contributed by atoms with Crippen molar-refractivity contribution in [2.24, 2.45) is 0 Å². The van der Waals surface area contributed by atoms with Gasteiger partial charge in [-0.05, 0) is 103 Å². The van der Waals surface area contributed by atoms with Gasteiger partial charge in [0.15, 0.2) is 5.13 Å². The number of carbonyl (C=O) groups is 1. The largest absolute Gasteiger partial charge is 0.307 e. The Morgan fingerprint density at radius 1 is 0.674 bits per heavy atom. The molecule has 0 fully saturated rings. The van der Waals surface area contributed by atoms with Crippen LogP contribution in [-0.4, -0.2) is 19.3 Å². The van der Waals surface area contributed by atoms with Crippen molar-refractivity contribution in [3.8, 4) is 0 Å². The number of thiazole rings is 1. The lowest BCUT2D eigenvalue weighted by Crippen LogP contribution is -2.15. The van der Waals surface area contributed by atoms with Crippen LogP contribution in [0, 0.1) is 13.8 Å². The van der Waals surface area contributed by atoms with Crippen molar-refractivity contribution in [1.29, 1.82) is 0 Å². The van der Waals surface area contributed by atoms with E-state index < -0.39 is 20.4 Å². The summed E-state index contributed by atoms with van der Waals surface area (Å²) in [5.74, 6) is -0.310. The number of hydrogen-bond acceptors (Lipinski definition) is 6. The van der Waals surface area contributed by atoms with Crippen molar-refractivity contribution in [3.05, 3.63) is 144 Å². The zero-order valence-electron chi connectivity index (χ0n) is 23.4. The van der Waals surface area contributed by atoms with Crippen LogP contribution in [0.3, 0.4) is 0 Å². The molecule has 5 aromatic carbocycles. The smallest absolute Gasteiger partial charge is 0.298 e. The van der Waals surface area contributed by atoms with E-state index >= 15 is 0 Å². The van der Waals surface area contributed by atoms with Crippen LogP contribution in [0.4, 0.5) is 5.13 Å². The normalized spacial score (nSPS) is 12.2. The average molecular weight is 625 g/mol. The van der Waals surface area contributed by atoms with Crippen molar-refractivity contribution in [2.75, 3.05) is 5.32 Å². The van der Waals surface area contributed by atoms with Gasteiger partial charge in [-0.2, -0.15) is 8.42 Å². The molecule has 6 aromatic rings. The highest BCUT2D eigenvalue weighted by Gasteiger charge is 2.38. The number of aryl methyl sites for hydroxylation is 2. The van der Waals surface area contributed by atoms with Gasteiger partial charge in [-0.15, -0.1) is 0 Å². The van der Waals surface area contributed by atoms with Gasteiger partial charge in [-0.3, -0.25) is 10.1 Å². The van der Waals surface area contributed by atoms with E-state index in [1.165, 1.54) is 11.3 Å². The van der Waals surface area contributed by atoms with Gasteiger partial charge in [0, 0.05) is 20.2 Å². The summed E-state index contributed by atoms with van der Waals surface area (Å²) in [5, 5.41) is 3.41. The Balaban J connectivity index is 1.42. The average Bonchev–Trinajstić information content (AvgIpc) is 3.42. The number of amides is 1. The van der Waals surface area contributed by atoms with Crippen LogP contribution in [0.2, 0.25) is 0 Å². The third kappa shape index (κ3) is 5.85. The number of nitrogens with zero attached hydrogens (tertiary/aromatic N) is 1. The molecule has 0 saturated carbocycles. The van der Waals surface area contributed by atoms with Gasteiger partial charge in [-0.1, -0.05) is 71.5 Å². The highest BCUT2D eigenvalue weighted by molar-refractivity contribution is 8.33. The topological polar surface area (TPSA) is 85.4 Å². The summed E-state index contributed by atoms with van der Waals surface area (Å²) in [7, 11) is -7.01. The lowest BCUT2D eigenvalue weighted by atomic mass is 10.2. The van der Waals surface area contributed by atoms with Gasteiger partial charge in [0.2, 0.25) is 0 Å². The van der Waals surface area contributed by atoms with Gasteiger partial charge in [0.1, 0.15) is 0 Å². The molecule has 1 heterocycles. The first-order chi connectivity index (χ1) is 20.7. The van der Waals surface area contributed by atoms with Gasteiger partial charge >= 0.3 is 10.1 Å². The lowest BCUT2D eigenvalue weighted by molar-refractivity contribution is 0.102. The van der Waals surface area contributed by atoms with Crippen molar-refractivity contribution >= 4 is 53.0 Å². The number of fused-ring (bicyclic) bond motifs is 1. The molecule has 0 unspecified atom stereocenters. The van der Waals surface area contributed by atoms with E-state index in [4.69, 9.17) is 3.63 Å². The second kappa shape index (κ2) is 11.8. The minimum atomic E-state index is -4.21. The fraction of sp³-hybridized carbons (Fsp3) is 0.0588. The predicted octanol–water partition coefficient (Wildman–Crippen LogP) is 8.77. The monoisotopic (exact) mass is 624 g/mol. The zero-order valence-corrected chi connectivity index (χ0v) is 25.9. The highest BCUT2D eigenvalue weighted by atomic mass is 32.3. The molecule has 0 aliphatic carbocycles. The van der Waals surface area contributed by atoms with E-state index in [1.54, 1.807) is 48.5 Å². The molecule has 0 aliphatic heterocycles. The minimum Gasteiger partial charge on any atom is -0.298 e. The summed E-state index contributed by atoms with van der Waals surface area (Å²) in [4.78, 5) is 19.9. The van der Waals surface area contributed by atoms with Gasteiger partial charge in [0.05, 0.1) is 15.1 Å². The van der Waals surface area contributed by atoms with Crippen molar-refractivity contribution in [3.63, 3.8) is 0 Å². The minimum absolute atomic E-state index is 0.0730. The van der Waals surface area contributed by atoms with E-state index in [0.717, 1.165) is 21.3 Å². The Bertz CT molecular complexity index is 1970. The van der Waals surface area contributed by atoms with E-state index in [0.29, 0.717) is 25.4 Å². The number of hydrogen-bond donors (Lipinski definition) is 1. The van der Waals surface area contributed by atoms with Gasteiger partial charge in [0.25, 0.3) is 5.91 Å². The van der Waals surface area contributed by atoms with Crippen molar-refractivity contribution in [2.45, 2.75) is 33.4 Å². The fourth-order valence-corrected chi connectivity index (χ4v) is 10.9. The number of anilines is 1. The van der Waals surface area contributed by atoms with Crippen LogP contribution < -0.4 is 5.32 Å². The maximum absolute atomic E-state index is 13.9. The summed E-state index contributed by atoms with van der Waals surface area (Å²) in [6.45, 7) is 3.91. The molecule has 1 N–H and O–H groups in total. The fourth-order valence-electron chi connectivity index (χ4n) is 4.68. The van der Waals surface area contributed by atoms with Crippen LogP contribution in [0.15, 0.2) is 147 Å². The lowest BCUT2D eigenvalue weighted by Gasteiger charge is -2.39. The molecule has 0 radical (unpaired) electrons. The van der Waals surface area contributed by atoms with Crippen LogP contribution in [0.1, 0.15) is 21.5 Å². The molecule has 0 saturated heterocycles. The van der Waals surface area contributed by atoms with E-state index in [9.17, 15) is 13.2 Å². The number of rotatable bonds is 8. The number of aromatic nitrogens is 1. The molecule has 0 bridgehead atoms. The molecule has 0 spiro atoms. The SMILES string of the molecule is Cc1ccc(S(=O)(=O)OS(c2ccccc2)(c2ccccc2)c2ccc(C(=O)Nc3nc4ccc(C)cc4s3)cc2)cc1. The van der Waals surface area contributed by atoms with Crippen LogP contribution in [0.25, 0.3) is 10.2 Å². The summed E-state index contributed by atoms with van der Waals surface area (Å²) < 4.78 is 35.2. The van der Waals surface area contributed by atoms with Crippen LogP contribution >= 0.6 is 21.6 Å². The third-order valence-electron chi connectivity index (χ3n) is 6.86. The highest BCUT2D eigenvalue weighted by Crippen LogP contribution is 2.70. The molecule has 0 aliphatic rings. The maximum Gasteiger partial charge on any atom is 0.307 e. The molecule has 0 atom stereocenters. The second-order valence-corrected chi connectivity index (χ2v) is 15.5. The molecule has 1 aromatic heterocycles. The van der Waals surface area contributed by atoms with Crippen molar-refractivity contribution < 1.29 is 16.8 Å². The number of carbonyl (C=O) groups excluding carboxylic acids is 1. The van der Waals surface area contributed by atoms with Crippen LogP contribution in [0.5, 0.6) is 0 Å². The summed E-state index contributed by atoms with van der Waals surface area (Å²) >= 11 is 1.42. The molecule has 1 amide bonds. The molecular weight excluding hydrogens is 597 g/mol. The van der Waals surface area contributed by atoms with Gasteiger partial charge < -0.3 is 0 Å². The summed E-state index contributed by atoms with van der Waals surface area (Å²) in [6.07, 6.45) is 0. The van der Waals surface area contributed by atoms with E-state index in [-0.39, 0.29) is 10.8 Å². The molecule has 216 valence electrons. The predicted molar refractivity (Wildman–Crippen MR) is 173 cm³/mol. The second-order valence-electron chi connectivity index (χ2n) is 9.99. The first-order valence-electron chi connectivity index (χ1n) is 13.5. The molecule has 6 rings (SSSR count). The zero-order chi connectivity index (χ0) is 30.0. The quantitative estimate of drug-likeness (QED) is 0.183. The molecular formula is C34H28N2O4S3. The Morgan fingerprint density at radius 3 is 1.81 bits per heavy atom. The Kier molecular flexibility index (Phi) is 7.89. The Hall–Kier alpha value is -4.28. The Morgan fingerprint density at radius 2 is 1.21 bits per heavy atom. The van der Waals surface area contributed by atoms with E-state index in [2.05, 4.69) is 10.3 Å². The van der Waals surface area contributed by atoms with E-state index in [1.807, 2.05) is 92.7 Å². The maximum atomic E-state index is 13.9. The molecule has 43 heavy (non-hydrogen) atoms. The molecule has 6 nitrogen and oxygen atoms in total. The number of benzene rings is 5. The first kappa shape index (κ1) is 28.8. The Labute approximate surface area is 256 Å². The standard InChI is InChI=1S/C34H28N2O4S3/c1-24-13-18-30(19-14-24)43(38,39)40-42(27-9-5-3-6-10-27,28-11-7-4-8-12-28)29-20-16-26(17-21-29)33(37)36-34-35-31-22-15-25(2)23-32(31)41-34/h3-23H,1-2H3,(H,35,36,37).